The molecule has 0 saturated carbocycles. The molecule has 0 atom stereocenters. The number of rotatable bonds is 2. The first-order chi connectivity index (χ1) is 7.59. The van der Waals surface area contributed by atoms with Crippen LogP contribution in [0.2, 0.25) is 0 Å². The summed E-state index contributed by atoms with van der Waals surface area (Å²) >= 11 is 0. The second kappa shape index (κ2) is 3.77. The van der Waals surface area contributed by atoms with E-state index in [-0.39, 0.29) is 12.1 Å². The minimum atomic E-state index is -0.544. The Morgan fingerprint density at radius 2 is 2.12 bits per heavy atom. The van der Waals surface area contributed by atoms with Gasteiger partial charge in [-0.3, -0.25) is 14.2 Å². The molecule has 0 fully saturated rings. The van der Waals surface area contributed by atoms with Gasteiger partial charge in [0.1, 0.15) is 12.2 Å². The Hall–Kier alpha value is -2.17. The maximum absolute atomic E-state index is 11.8. The lowest BCUT2D eigenvalue weighted by molar-refractivity contribution is -0.118. The summed E-state index contributed by atoms with van der Waals surface area (Å²) in [4.78, 5) is 26.9. The molecule has 2 N–H and O–H groups in total. The lowest BCUT2D eigenvalue weighted by atomic mass is 10.2. The molecule has 0 bridgehead atoms. The lowest BCUT2D eigenvalue weighted by Gasteiger charge is -2.08. The van der Waals surface area contributed by atoms with Gasteiger partial charge in [-0.1, -0.05) is 12.1 Å². The first kappa shape index (κ1) is 10.4. The number of aryl methyl sites for hydroxylation is 1. The molecule has 1 aromatic heterocycles. The van der Waals surface area contributed by atoms with Crippen molar-refractivity contribution in [3.8, 4) is 0 Å². The molecule has 2 aromatic rings. The zero-order valence-corrected chi connectivity index (χ0v) is 8.80. The number of primary amides is 1. The zero-order chi connectivity index (χ0) is 11.7. The van der Waals surface area contributed by atoms with Crippen LogP contribution in [0.15, 0.2) is 29.1 Å². The number of carbonyl (C=O) groups is 1. The Morgan fingerprint density at radius 3 is 2.81 bits per heavy atom. The van der Waals surface area contributed by atoms with Gasteiger partial charge in [0, 0.05) is 0 Å². The number of fused-ring (bicyclic) bond motifs is 1. The first-order valence-corrected chi connectivity index (χ1v) is 4.84. The Labute approximate surface area is 91.5 Å². The summed E-state index contributed by atoms with van der Waals surface area (Å²) in [5.74, 6) is -0.544. The van der Waals surface area contributed by atoms with Crippen molar-refractivity contribution in [3.63, 3.8) is 0 Å². The number of aromatic nitrogens is 2. The molecule has 0 aliphatic rings. The summed E-state index contributed by atoms with van der Waals surface area (Å²) in [5.41, 5.74) is 6.50. The molecule has 5 heteroatoms. The number of nitrogens with two attached hydrogens (primary N) is 1. The minimum absolute atomic E-state index is 0.122. The maximum atomic E-state index is 11.8. The van der Waals surface area contributed by atoms with Gasteiger partial charge in [-0.05, 0) is 19.1 Å². The maximum Gasteiger partial charge on any atom is 0.272 e. The van der Waals surface area contributed by atoms with Crippen molar-refractivity contribution in [2.45, 2.75) is 13.5 Å². The molecule has 0 saturated heterocycles. The van der Waals surface area contributed by atoms with Crippen LogP contribution in [-0.4, -0.2) is 15.5 Å². The second-order valence-electron chi connectivity index (χ2n) is 3.54. The molecular weight excluding hydrogens is 206 g/mol. The van der Waals surface area contributed by atoms with Crippen LogP contribution in [0, 0.1) is 6.92 Å². The molecule has 0 aliphatic carbocycles. The van der Waals surface area contributed by atoms with Crippen LogP contribution in [0.3, 0.4) is 0 Å². The highest BCUT2D eigenvalue weighted by Gasteiger charge is 2.08. The van der Waals surface area contributed by atoms with Crippen molar-refractivity contribution < 1.29 is 4.79 Å². The number of nitrogens with zero attached hydrogens (tertiary/aromatic N) is 2. The monoisotopic (exact) mass is 217 g/mol. The van der Waals surface area contributed by atoms with Gasteiger partial charge in [-0.2, -0.15) is 0 Å². The number of amides is 1. The van der Waals surface area contributed by atoms with Gasteiger partial charge in [0.25, 0.3) is 5.56 Å². The van der Waals surface area contributed by atoms with E-state index < -0.39 is 5.91 Å². The average Bonchev–Trinajstić information content (AvgIpc) is 2.24. The van der Waals surface area contributed by atoms with Gasteiger partial charge in [-0.15, -0.1) is 0 Å². The van der Waals surface area contributed by atoms with Gasteiger partial charge in [0.05, 0.1) is 11.0 Å². The molecule has 82 valence electrons. The Kier molecular flexibility index (Phi) is 2.44. The SMILES string of the molecule is Cc1nc2ccccc2n(CC(N)=O)c1=O. The highest BCUT2D eigenvalue weighted by atomic mass is 16.2. The topological polar surface area (TPSA) is 78.0 Å². The normalized spacial score (nSPS) is 10.6. The fraction of sp³-hybridized carbons (Fsp3) is 0.182. The first-order valence-electron chi connectivity index (χ1n) is 4.84. The summed E-state index contributed by atoms with van der Waals surface area (Å²) in [6, 6.07) is 7.15. The smallest absolute Gasteiger partial charge is 0.272 e. The third-order valence-corrected chi connectivity index (χ3v) is 2.33. The third kappa shape index (κ3) is 1.67. The van der Waals surface area contributed by atoms with Crippen molar-refractivity contribution >= 4 is 16.9 Å². The fourth-order valence-corrected chi connectivity index (χ4v) is 1.63. The molecule has 5 nitrogen and oxygen atoms in total. The van der Waals surface area contributed by atoms with Crippen LogP contribution >= 0.6 is 0 Å². The highest BCUT2D eigenvalue weighted by Crippen LogP contribution is 2.09. The van der Waals surface area contributed by atoms with Gasteiger partial charge in [-0.25, -0.2) is 4.98 Å². The van der Waals surface area contributed by atoms with E-state index in [1.165, 1.54) is 4.57 Å². The van der Waals surface area contributed by atoms with Crippen molar-refractivity contribution in [2.75, 3.05) is 0 Å². The minimum Gasteiger partial charge on any atom is -0.368 e. The van der Waals surface area contributed by atoms with Crippen LogP contribution in [0.1, 0.15) is 5.69 Å². The van der Waals surface area contributed by atoms with E-state index in [9.17, 15) is 9.59 Å². The molecular formula is C11H11N3O2. The predicted octanol–water partition coefficient (Wildman–Crippen LogP) is 0.190. The molecule has 1 heterocycles. The van der Waals surface area contributed by atoms with E-state index in [1.54, 1.807) is 25.1 Å². The molecule has 1 amide bonds. The van der Waals surface area contributed by atoms with E-state index in [2.05, 4.69) is 4.98 Å². The third-order valence-electron chi connectivity index (χ3n) is 2.33. The summed E-state index contributed by atoms with van der Waals surface area (Å²) in [6.45, 7) is 1.50. The highest BCUT2D eigenvalue weighted by molar-refractivity contribution is 5.79. The number of para-hydroxylation sites is 2. The van der Waals surface area contributed by atoms with Crippen LogP contribution in [0.5, 0.6) is 0 Å². The predicted molar refractivity (Wildman–Crippen MR) is 59.9 cm³/mol. The van der Waals surface area contributed by atoms with Crippen molar-refractivity contribution in [3.05, 3.63) is 40.3 Å². The van der Waals surface area contributed by atoms with Crippen molar-refractivity contribution in [1.82, 2.24) is 9.55 Å². The molecule has 0 spiro atoms. The molecule has 2 rings (SSSR count). The van der Waals surface area contributed by atoms with E-state index in [1.807, 2.05) is 6.07 Å². The van der Waals surface area contributed by atoms with E-state index in [0.29, 0.717) is 16.7 Å². The summed E-state index contributed by atoms with van der Waals surface area (Å²) in [6.07, 6.45) is 0. The molecule has 1 aromatic carbocycles. The lowest BCUT2D eigenvalue weighted by Crippen LogP contribution is -2.30. The van der Waals surface area contributed by atoms with Gasteiger partial charge in [0.2, 0.25) is 5.91 Å². The van der Waals surface area contributed by atoms with Gasteiger partial charge in [0.15, 0.2) is 0 Å². The Balaban J connectivity index is 2.81. The van der Waals surface area contributed by atoms with Crippen LogP contribution in [-0.2, 0) is 11.3 Å². The number of benzene rings is 1. The van der Waals surface area contributed by atoms with Crippen LogP contribution in [0.4, 0.5) is 0 Å². The number of hydrogen-bond acceptors (Lipinski definition) is 3. The molecule has 16 heavy (non-hydrogen) atoms. The Morgan fingerprint density at radius 1 is 1.44 bits per heavy atom. The van der Waals surface area contributed by atoms with Crippen molar-refractivity contribution in [2.24, 2.45) is 5.73 Å². The fourth-order valence-electron chi connectivity index (χ4n) is 1.63. The molecule has 0 aliphatic heterocycles. The summed E-state index contributed by atoms with van der Waals surface area (Å²) < 4.78 is 1.35. The number of carbonyl (C=O) groups excluding carboxylic acids is 1. The van der Waals surface area contributed by atoms with E-state index >= 15 is 0 Å². The largest absolute Gasteiger partial charge is 0.368 e. The molecule has 0 unspecified atom stereocenters. The quantitative estimate of drug-likeness (QED) is 0.780. The average molecular weight is 217 g/mol. The molecule has 0 radical (unpaired) electrons. The summed E-state index contributed by atoms with van der Waals surface area (Å²) in [7, 11) is 0. The second-order valence-corrected chi connectivity index (χ2v) is 3.54. The Bertz CT molecular complexity index is 616. The van der Waals surface area contributed by atoms with Crippen molar-refractivity contribution in [1.29, 1.82) is 0 Å². The number of hydrogen-bond donors (Lipinski definition) is 1. The van der Waals surface area contributed by atoms with Crippen LogP contribution in [0.25, 0.3) is 11.0 Å². The standard InChI is InChI=1S/C11H11N3O2/c1-7-11(16)14(6-10(12)15)9-5-3-2-4-8(9)13-7/h2-5H,6H2,1H3,(H2,12,15). The van der Waals surface area contributed by atoms with Gasteiger partial charge < -0.3 is 5.73 Å². The van der Waals surface area contributed by atoms with Crippen LogP contribution < -0.4 is 11.3 Å². The zero-order valence-electron chi connectivity index (χ0n) is 8.80. The van der Waals surface area contributed by atoms with Gasteiger partial charge >= 0.3 is 0 Å². The van der Waals surface area contributed by atoms with E-state index in [4.69, 9.17) is 5.73 Å². The van der Waals surface area contributed by atoms with E-state index in [0.717, 1.165) is 0 Å². The summed E-state index contributed by atoms with van der Waals surface area (Å²) in [5, 5.41) is 0.